The second-order valence-electron chi connectivity index (χ2n) is 5.13. The van der Waals surface area contributed by atoms with Gasteiger partial charge in [0.1, 0.15) is 0 Å². The summed E-state index contributed by atoms with van der Waals surface area (Å²) in [4.78, 5) is 13.8. The highest BCUT2D eigenvalue weighted by Gasteiger charge is 2.13. The van der Waals surface area contributed by atoms with Gasteiger partial charge < -0.3 is 10.2 Å². The molecule has 0 fully saturated rings. The van der Waals surface area contributed by atoms with Crippen molar-refractivity contribution in [2.45, 2.75) is 19.8 Å². The van der Waals surface area contributed by atoms with Crippen molar-refractivity contribution in [1.29, 1.82) is 0 Å². The van der Waals surface area contributed by atoms with E-state index in [0.717, 1.165) is 12.8 Å². The molecule has 2 rings (SSSR count). The molecular formula is C16H18Cl2N4O. The van der Waals surface area contributed by atoms with Crippen LogP contribution in [-0.2, 0) is 0 Å². The molecule has 0 saturated carbocycles. The summed E-state index contributed by atoms with van der Waals surface area (Å²) < 4.78 is 0. The van der Waals surface area contributed by atoms with Crippen LogP contribution in [0.3, 0.4) is 0 Å². The van der Waals surface area contributed by atoms with E-state index in [9.17, 15) is 4.79 Å². The summed E-state index contributed by atoms with van der Waals surface area (Å²) >= 11 is 12.0. The Balaban J connectivity index is 2.07. The summed E-state index contributed by atoms with van der Waals surface area (Å²) in [5.74, 6) is 0.347. The Bertz CT molecular complexity index is 676. The van der Waals surface area contributed by atoms with Crippen molar-refractivity contribution in [2.75, 3.05) is 18.9 Å². The van der Waals surface area contributed by atoms with Crippen molar-refractivity contribution < 1.29 is 4.79 Å². The normalized spacial score (nSPS) is 10.4. The first-order valence-corrected chi connectivity index (χ1v) is 8.08. The number of nitrogens with zero attached hydrogens (tertiary/aromatic N) is 3. The largest absolute Gasteiger partial charge is 0.340 e. The fourth-order valence-corrected chi connectivity index (χ4v) is 2.27. The number of hydrogen-bond acceptors (Lipinski definition) is 4. The van der Waals surface area contributed by atoms with Gasteiger partial charge in [-0.2, -0.15) is 0 Å². The molecule has 122 valence electrons. The van der Waals surface area contributed by atoms with E-state index in [1.165, 1.54) is 0 Å². The fourth-order valence-electron chi connectivity index (χ4n) is 1.94. The average molecular weight is 353 g/mol. The molecule has 2 aromatic rings. The van der Waals surface area contributed by atoms with Gasteiger partial charge in [0.15, 0.2) is 11.5 Å². The van der Waals surface area contributed by atoms with Crippen LogP contribution in [-0.4, -0.2) is 34.6 Å². The molecule has 23 heavy (non-hydrogen) atoms. The second-order valence-corrected chi connectivity index (χ2v) is 5.98. The third-order valence-electron chi connectivity index (χ3n) is 3.27. The molecule has 0 aliphatic heterocycles. The number of rotatable bonds is 6. The maximum absolute atomic E-state index is 12.2. The van der Waals surface area contributed by atoms with E-state index in [4.69, 9.17) is 23.2 Å². The molecule has 1 aromatic carbocycles. The maximum atomic E-state index is 12.2. The Morgan fingerprint density at radius 1 is 1.22 bits per heavy atom. The van der Waals surface area contributed by atoms with Crippen molar-refractivity contribution in [1.82, 2.24) is 15.1 Å². The van der Waals surface area contributed by atoms with Gasteiger partial charge in [-0.1, -0.05) is 36.5 Å². The molecule has 0 radical (unpaired) electrons. The summed E-state index contributed by atoms with van der Waals surface area (Å²) in [6.07, 6.45) is 2.00. The van der Waals surface area contributed by atoms with Crippen LogP contribution in [0.2, 0.25) is 10.0 Å². The molecule has 0 aliphatic rings. The maximum Gasteiger partial charge on any atom is 0.274 e. The van der Waals surface area contributed by atoms with Gasteiger partial charge in [-0.25, -0.2) is 0 Å². The van der Waals surface area contributed by atoms with E-state index in [1.54, 1.807) is 42.3 Å². The number of amides is 1. The first kappa shape index (κ1) is 17.5. The Kier molecular flexibility index (Phi) is 6.19. The number of carbonyl (C=O) groups excluding carboxylic acids is 1. The van der Waals surface area contributed by atoms with Crippen LogP contribution in [0.15, 0.2) is 30.3 Å². The van der Waals surface area contributed by atoms with Crippen LogP contribution in [0, 0.1) is 0 Å². The quantitative estimate of drug-likeness (QED) is 0.836. The van der Waals surface area contributed by atoms with Crippen LogP contribution in [0.4, 0.5) is 11.5 Å². The second kappa shape index (κ2) is 8.13. The molecule has 1 heterocycles. The first-order valence-electron chi connectivity index (χ1n) is 7.32. The number of nitrogens with one attached hydrogen (secondary N) is 1. The van der Waals surface area contributed by atoms with Crippen molar-refractivity contribution in [3.05, 3.63) is 46.1 Å². The number of aromatic nitrogens is 2. The monoisotopic (exact) mass is 352 g/mol. The number of anilines is 2. The van der Waals surface area contributed by atoms with E-state index < -0.39 is 0 Å². The molecular weight excluding hydrogens is 335 g/mol. The number of halogens is 2. The summed E-state index contributed by atoms with van der Waals surface area (Å²) in [7, 11) is 1.76. The highest BCUT2D eigenvalue weighted by molar-refractivity contribution is 6.35. The number of hydrogen-bond donors (Lipinski definition) is 1. The third kappa shape index (κ3) is 4.81. The van der Waals surface area contributed by atoms with Crippen molar-refractivity contribution in [2.24, 2.45) is 0 Å². The smallest absolute Gasteiger partial charge is 0.274 e. The average Bonchev–Trinajstić information content (AvgIpc) is 2.56. The molecule has 0 saturated heterocycles. The predicted octanol–water partition coefficient (Wildman–Crippen LogP) is 4.40. The van der Waals surface area contributed by atoms with E-state index in [1.807, 2.05) is 0 Å². The minimum atomic E-state index is -0.140. The lowest BCUT2D eigenvalue weighted by molar-refractivity contribution is 0.0786. The Morgan fingerprint density at radius 3 is 2.65 bits per heavy atom. The zero-order valence-corrected chi connectivity index (χ0v) is 14.5. The van der Waals surface area contributed by atoms with Crippen molar-refractivity contribution in [3.8, 4) is 0 Å². The predicted molar refractivity (Wildman–Crippen MR) is 93.6 cm³/mol. The topological polar surface area (TPSA) is 58.1 Å². The van der Waals surface area contributed by atoms with E-state index in [-0.39, 0.29) is 5.91 Å². The van der Waals surface area contributed by atoms with Crippen LogP contribution in [0.5, 0.6) is 0 Å². The van der Waals surface area contributed by atoms with Crippen LogP contribution in [0.25, 0.3) is 0 Å². The Hall–Kier alpha value is -1.85. The van der Waals surface area contributed by atoms with Crippen molar-refractivity contribution in [3.63, 3.8) is 0 Å². The molecule has 0 aliphatic carbocycles. The van der Waals surface area contributed by atoms with E-state index >= 15 is 0 Å². The lowest BCUT2D eigenvalue weighted by Crippen LogP contribution is -2.28. The summed E-state index contributed by atoms with van der Waals surface area (Å²) in [5, 5.41) is 12.1. The molecule has 0 unspecified atom stereocenters. The van der Waals surface area contributed by atoms with Crippen LogP contribution < -0.4 is 5.32 Å². The molecule has 5 nitrogen and oxygen atoms in total. The Morgan fingerprint density at radius 2 is 2.00 bits per heavy atom. The summed E-state index contributed by atoms with van der Waals surface area (Å²) in [6, 6.07) is 8.42. The number of carbonyl (C=O) groups is 1. The first-order chi connectivity index (χ1) is 11.0. The minimum Gasteiger partial charge on any atom is -0.340 e. The van der Waals surface area contributed by atoms with Crippen LogP contribution in [0.1, 0.15) is 30.3 Å². The molecule has 7 heteroatoms. The zero-order valence-electron chi connectivity index (χ0n) is 13.0. The highest BCUT2D eigenvalue weighted by atomic mass is 35.5. The Labute approximate surface area is 145 Å². The third-order valence-corrected chi connectivity index (χ3v) is 3.83. The van der Waals surface area contributed by atoms with E-state index in [2.05, 4.69) is 22.4 Å². The van der Waals surface area contributed by atoms with Gasteiger partial charge in [0.25, 0.3) is 5.91 Å². The van der Waals surface area contributed by atoms with Gasteiger partial charge in [-0.3, -0.25) is 4.79 Å². The standard InChI is InChI=1S/C16H18Cl2N4O/c1-3-4-9-22(2)16(23)13-7-8-15(21-20-13)19-14-10-11(17)5-6-12(14)18/h5-8,10H,3-4,9H2,1-2H3,(H,19,21). The zero-order chi connectivity index (χ0) is 16.8. The minimum absolute atomic E-state index is 0.140. The molecule has 0 bridgehead atoms. The summed E-state index contributed by atoms with van der Waals surface area (Å²) in [5.41, 5.74) is 0.943. The lowest BCUT2D eigenvalue weighted by atomic mass is 10.3. The van der Waals surface area contributed by atoms with Gasteiger partial charge in [-0.05, 0) is 36.8 Å². The number of unbranched alkanes of at least 4 members (excludes halogenated alkanes) is 1. The molecule has 1 aromatic heterocycles. The fraction of sp³-hybridized carbons (Fsp3) is 0.312. The number of benzene rings is 1. The molecule has 1 amide bonds. The van der Waals surface area contributed by atoms with Crippen LogP contribution >= 0.6 is 23.2 Å². The SMILES string of the molecule is CCCCN(C)C(=O)c1ccc(Nc2cc(Cl)ccc2Cl)nn1. The lowest BCUT2D eigenvalue weighted by Gasteiger charge is -2.15. The van der Waals surface area contributed by atoms with Gasteiger partial charge in [0.05, 0.1) is 10.7 Å². The van der Waals surface area contributed by atoms with Gasteiger partial charge in [0, 0.05) is 18.6 Å². The molecule has 0 atom stereocenters. The summed E-state index contributed by atoms with van der Waals surface area (Å²) in [6.45, 7) is 2.79. The van der Waals surface area contributed by atoms with Gasteiger partial charge in [0.2, 0.25) is 0 Å². The molecule has 1 N–H and O–H groups in total. The van der Waals surface area contributed by atoms with Gasteiger partial charge in [-0.15, -0.1) is 10.2 Å². The van der Waals surface area contributed by atoms with E-state index in [0.29, 0.717) is 33.8 Å². The highest BCUT2D eigenvalue weighted by Crippen LogP contribution is 2.27. The van der Waals surface area contributed by atoms with Crippen molar-refractivity contribution >= 4 is 40.6 Å². The van der Waals surface area contributed by atoms with Gasteiger partial charge >= 0.3 is 0 Å². The molecule has 0 spiro atoms.